The SMILES string of the molecule is c1ccc(N(c2ccc(-c3ccc4c(c3)c3ccccc3n4-c3ccccc3)cc2)c2ccc(N(c3ccc(-c4ccc(N(c5ccc(N(c6ccccc6)c6ccc(-c7ccc8c(c7)c7ccccc7n8-c7ccccc7)cc6)cc5)c5ccc(-n6c7ccccc7c7ccccc76)cc5)cc4)cc3)c3ccc(-n4c5ccccc5c5ccccc54)cc3)cc2)cc1. The third-order valence-corrected chi connectivity index (χ3v) is 25.5. The highest BCUT2D eigenvalue weighted by atomic mass is 15.2. The van der Waals surface area contributed by atoms with Gasteiger partial charge in [0.05, 0.1) is 44.1 Å². The van der Waals surface area contributed by atoms with Gasteiger partial charge in [0.1, 0.15) is 0 Å². The number of nitrogens with zero attached hydrogens (tertiary/aromatic N) is 8. The summed E-state index contributed by atoms with van der Waals surface area (Å²) in [6, 6.07) is 181. The summed E-state index contributed by atoms with van der Waals surface area (Å²) < 4.78 is 9.52. The molecule has 0 unspecified atom stereocenters. The molecule has 4 heterocycles. The first-order chi connectivity index (χ1) is 63.5. The van der Waals surface area contributed by atoms with Crippen molar-refractivity contribution in [2.45, 2.75) is 0 Å². The van der Waals surface area contributed by atoms with Gasteiger partial charge in [-0.3, -0.25) is 0 Å². The monoisotopic (exact) mass is 1630 g/mol. The highest BCUT2D eigenvalue weighted by molar-refractivity contribution is 6.14. The Hall–Kier alpha value is -17.2. The topological polar surface area (TPSA) is 32.7 Å². The van der Waals surface area contributed by atoms with Gasteiger partial charge in [-0.15, -0.1) is 0 Å². The number of fused-ring (bicyclic) bond motifs is 12. The Morgan fingerprint density at radius 2 is 0.266 bits per heavy atom. The zero-order chi connectivity index (χ0) is 84.5. The molecule has 0 atom stereocenters. The maximum Gasteiger partial charge on any atom is 0.0541 e. The van der Waals surface area contributed by atoms with Crippen molar-refractivity contribution >= 4 is 155 Å². The lowest BCUT2D eigenvalue weighted by atomic mass is 10.0. The van der Waals surface area contributed by atoms with Crippen LogP contribution in [0.15, 0.2) is 497 Å². The number of anilines is 12. The predicted molar refractivity (Wildman–Crippen MR) is 539 cm³/mol. The smallest absolute Gasteiger partial charge is 0.0541 e. The van der Waals surface area contributed by atoms with Crippen molar-refractivity contribution in [1.82, 2.24) is 18.3 Å². The second-order valence-electron chi connectivity index (χ2n) is 32.8. The van der Waals surface area contributed by atoms with E-state index >= 15 is 0 Å². The Balaban J connectivity index is 0.564. The van der Waals surface area contributed by atoms with Crippen molar-refractivity contribution in [3.63, 3.8) is 0 Å². The van der Waals surface area contributed by atoms with Gasteiger partial charge >= 0.3 is 0 Å². The fourth-order valence-corrected chi connectivity index (χ4v) is 19.6. The van der Waals surface area contributed by atoms with Crippen LogP contribution in [0.1, 0.15) is 0 Å². The van der Waals surface area contributed by atoms with Crippen molar-refractivity contribution in [3.8, 4) is 56.1 Å². The lowest BCUT2D eigenvalue weighted by molar-refractivity contribution is 1.17. The molecule has 602 valence electrons. The summed E-state index contributed by atoms with van der Waals surface area (Å²) >= 11 is 0. The summed E-state index contributed by atoms with van der Waals surface area (Å²) in [5, 5.41) is 9.85. The Labute approximate surface area is 741 Å². The van der Waals surface area contributed by atoms with Crippen LogP contribution in [0.3, 0.4) is 0 Å². The lowest BCUT2D eigenvalue weighted by Crippen LogP contribution is -2.12. The van der Waals surface area contributed by atoms with E-state index < -0.39 is 0 Å². The zero-order valence-corrected chi connectivity index (χ0v) is 69.9. The van der Waals surface area contributed by atoms with Gasteiger partial charge in [0, 0.05) is 134 Å². The average molecular weight is 1640 g/mol. The molecule has 8 heteroatoms. The molecule has 0 saturated carbocycles. The number of rotatable bonds is 19. The Bertz CT molecular complexity index is 7630. The Morgan fingerprint density at radius 3 is 0.508 bits per heavy atom. The lowest BCUT2D eigenvalue weighted by Gasteiger charge is -2.29. The first-order valence-corrected chi connectivity index (χ1v) is 43.8. The fraction of sp³-hybridized carbons (Fsp3) is 0. The van der Waals surface area contributed by atoms with E-state index in [0.717, 1.165) is 113 Å². The summed E-state index contributed by atoms with van der Waals surface area (Å²) in [7, 11) is 0. The van der Waals surface area contributed by atoms with Crippen LogP contribution >= 0.6 is 0 Å². The zero-order valence-electron chi connectivity index (χ0n) is 69.9. The van der Waals surface area contributed by atoms with E-state index in [-0.39, 0.29) is 0 Å². The molecule has 24 rings (SSSR count). The second-order valence-corrected chi connectivity index (χ2v) is 32.8. The molecule has 20 aromatic carbocycles. The highest BCUT2D eigenvalue weighted by Gasteiger charge is 2.24. The maximum absolute atomic E-state index is 2.39. The molecular weight excluding hydrogens is 1550 g/mol. The van der Waals surface area contributed by atoms with E-state index in [1.54, 1.807) is 0 Å². The van der Waals surface area contributed by atoms with Crippen LogP contribution in [0.4, 0.5) is 68.2 Å². The van der Waals surface area contributed by atoms with E-state index in [2.05, 4.69) is 535 Å². The minimum Gasteiger partial charge on any atom is -0.311 e. The van der Waals surface area contributed by atoms with Crippen LogP contribution in [0, 0.1) is 0 Å². The number of aromatic nitrogens is 4. The minimum atomic E-state index is 1.02. The number of hydrogen-bond donors (Lipinski definition) is 0. The van der Waals surface area contributed by atoms with Crippen LogP contribution in [0.25, 0.3) is 143 Å². The van der Waals surface area contributed by atoms with E-state index in [1.807, 2.05) is 0 Å². The van der Waals surface area contributed by atoms with E-state index in [9.17, 15) is 0 Å². The molecule has 0 N–H and O–H groups in total. The van der Waals surface area contributed by atoms with Crippen molar-refractivity contribution < 1.29 is 0 Å². The summed E-state index contributed by atoms with van der Waals surface area (Å²) in [4.78, 5) is 9.45. The summed E-state index contributed by atoms with van der Waals surface area (Å²) in [6.45, 7) is 0. The largest absolute Gasteiger partial charge is 0.311 e. The molecule has 0 aliphatic rings. The van der Waals surface area contributed by atoms with Crippen LogP contribution in [0.5, 0.6) is 0 Å². The molecule has 24 aromatic rings. The van der Waals surface area contributed by atoms with E-state index in [1.165, 1.54) is 98.4 Å². The van der Waals surface area contributed by atoms with Gasteiger partial charge in [-0.1, -0.05) is 243 Å². The van der Waals surface area contributed by atoms with Crippen molar-refractivity contribution in [2.75, 3.05) is 19.6 Å². The van der Waals surface area contributed by atoms with Crippen molar-refractivity contribution in [2.24, 2.45) is 0 Å². The standard InChI is InChI=1S/C120H82N8/c1-5-25-89(26-6-1)121(93-59-49-85(50-60-93)87-53-79-119-111(81-87)109-37-17-23-43-117(109)125(119)91-29-9-3-10-30-91)97-63-67-99(68-64-97)123(101-71-75-103(76-72-101)127-113-39-19-13-33-105(113)106-34-14-20-40-114(106)127)95-55-45-83(46-56-95)84-47-57-96(58-48-84)124(102-73-77-104(78-74-102)128-115-41-21-15-35-107(115)108-36-16-22-42-116(108)128)100-69-65-98(66-70-100)122(90-27-7-2-8-28-90)94-61-51-86(52-62-94)88-54-80-120-112(82-88)110-38-18-24-44-118(110)126(120)92-31-11-4-12-32-92/h1-82H. The molecule has 4 aromatic heterocycles. The van der Waals surface area contributed by atoms with Crippen molar-refractivity contribution in [3.05, 3.63) is 497 Å². The van der Waals surface area contributed by atoms with Gasteiger partial charge in [0.2, 0.25) is 0 Å². The van der Waals surface area contributed by atoms with Gasteiger partial charge in [-0.2, -0.15) is 0 Å². The molecule has 8 nitrogen and oxygen atoms in total. The number of para-hydroxylation sites is 10. The molecule has 128 heavy (non-hydrogen) atoms. The first-order valence-electron chi connectivity index (χ1n) is 43.8. The maximum atomic E-state index is 2.39. The quantitative estimate of drug-likeness (QED) is 0.0808. The van der Waals surface area contributed by atoms with Crippen LogP contribution in [-0.4, -0.2) is 18.3 Å². The van der Waals surface area contributed by atoms with Crippen LogP contribution in [-0.2, 0) is 0 Å². The molecule has 0 bridgehead atoms. The average Bonchev–Trinajstić information content (AvgIpc) is 1.64. The molecular formula is C120H82N8. The third-order valence-electron chi connectivity index (χ3n) is 25.5. The Kier molecular flexibility index (Phi) is 18.4. The third kappa shape index (κ3) is 13.1. The molecule has 0 spiro atoms. The van der Waals surface area contributed by atoms with Crippen molar-refractivity contribution in [1.29, 1.82) is 0 Å². The minimum absolute atomic E-state index is 1.02. The van der Waals surface area contributed by atoms with E-state index in [4.69, 9.17) is 0 Å². The number of hydrogen-bond acceptors (Lipinski definition) is 4. The summed E-state index contributed by atoms with van der Waals surface area (Å²) in [5.41, 5.74) is 33.3. The van der Waals surface area contributed by atoms with Gasteiger partial charge in [0.15, 0.2) is 0 Å². The Morgan fingerprint density at radius 1 is 0.109 bits per heavy atom. The summed E-state index contributed by atoms with van der Waals surface area (Å²) in [6.07, 6.45) is 0. The van der Waals surface area contributed by atoms with Gasteiger partial charge in [-0.05, 0) is 288 Å². The van der Waals surface area contributed by atoms with Gasteiger partial charge in [0.25, 0.3) is 0 Å². The predicted octanol–water partition coefficient (Wildman–Crippen LogP) is 33.0. The highest BCUT2D eigenvalue weighted by Crippen LogP contribution is 2.47. The number of benzene rings is 20. The fourth-order valence-electron chi connectivity index (χ4n) is 19.6. The molecule has 0 amide bonds. The van der Waals surface area contributed by atoms with E-state index in [0.29, 0.717) is 0 Å². The first kappa shape index (κ1) is 74.6. The van der Waals surface area contributed by atoms with Gasteiger partial charge < -0.3 is 37.9 Å². The van der Waals surface area contributed by atoms with Crippen LogP contribution in [0.2, 0.25) is 0 Å². The van der Waals surface area contributed by atoms with Crippen LogP contribution < -0.4 is 19.6 Å². The molecule has 0 radical (unpaired) electrons. The molecule has 0 aliphatic carbocycles. The summed E-state index contributed by atoms with van der Waals surface area (Å²) in [5.74, 6) is 0. The normalized spacial score (nSPS) is 11.6. The van der Waals surface area contributed by atoms with Gasteiger partial charge in [-0.25, -0.2) is 0 Å². The molecule has 0 saturated heterocycles. The molecule has 0 aliphatic heterocycles. The molecule has 0 fully saturated rings. The second kappa shape index (κ2) is 31.6.